The molecule has 0 aliphatic rings. The summed E-state index contributed by atoms with van der Waals surface area (Å²) >= 11 is 0. The number of nitrogens with zero attached hydrogens (tertiary/aromatic N) is 1. The Morgan fingerprint density at radius 2 is 1.61 bits per heavy atom. The minimum atomic E-state index is -1.07. The molecule has 1 aromatic rings. The van der Waals surface area contributed by atoms with Crippen LogP contribution in [-0.4, -0.2) is 64.7 Å². The van der Waals surface area contributed by atoms with Gasteiger partial charge in [-0.1, -0.05) is 26.0 Å². The number of phenols is 1. The first-order chi connectivity index (χ1) is 17.7. The van der Waals surface area contributed by atoms with Crippen LogP contribution in [0, 0.1) is 5.92 Å². The molecule has 3 N–H and O–H groups in total. The molecule has 10 heteroatoms. The Bertz CT molecular complexity index is 925. The minimum absolute atomic E-state index is 0.0147. The Kier molecular flexibility index (Phi) is 13.1. The first-order valence-electron chi connectivity index (χ1n) is 13.2. The molecule has 0 radical (unpaired) electrons. The van der Waals surface area contributed by atoms with E-state index >= 15 is 0 Å². The van der Waals surface area contributed by atoms with Gasteiger partial charge in [-0.15, -0.1) is 0 Å². The second-order valence-electron chi connectivity index (χ2n) is 10.8. The summed E-state index contributed by atoms with van der Waals surface area (Å²) < 4.78 is 10.2. The van der Waals surface area contributed by atoms with Crippen LogP contribution in [0.15, 0.2) is 24.3 Å². The number of nitrogens with one attached hydrogen (secondary N) is 2. The Balaban J connectivity index is 3.36. The number of aromatic hydroxyl groups is 1. The number of alkyl carbamates (subject to hydrolysis) is 1. The number of benzene rings is 1. The smallest absolute Gasteiger partial charge is 0.408 e. The third kappa shape index (κ3) is 11.4. The van der Waals surface area contributed by atoms with Gasteiger partial charge >= 0.3 is 12.1 Å². The standard InChI is InChI=1S/C28H45N3O7/c1-9-37-23(33)16-17-29-25(34)24(21-12-14-22(32)15-13-21)31(19(4)11-10-18(2)3)26(35)20(5)30-27(36)38-28(6,7)8/h12-15,18-20,24,32H,9-11,16-17H2,1-8H3,(H,29,34)(H,30,36). The summed E-state index contributed by atoms with van der Waals surface area (Å²) in [6, 6.07) is 3.60. The summed E-state index contributed by atoms with van der Waals surface area (Å²) in [5, 5.41) is 15.1. The molecule has 0 bridgehead atoms. The zero-order valence-corrected chi connectivity index (χ0v) is 24.0. The van der Waals surface area contributed by atoms with Gasteiger partial charge in [0.2, 0.25) is 11.8 Å². The topological polar surface area (TPSA) is 134 Å². The maximum absolute atomic E-state index is 13.8. The van der Waals surface area contributed by atoms with E-state index in [4.69, 9.17) is 9.47 Å². The molecule has 1 rings (SSSR count). The first kappa shape index (κ1) is 32.7. The number of carbonyl (C=O) groups excluding carboxylic acids is 4. The van der Waals surface area contributed by atoms with Crippen LogP contribution in [-0.2, 0) is 23.9 Å². The van der Waals surface area contributed by atoms with Crippen LogP contribution in [0.4, 0.5) is 4.79 Å². The van der Waals surface area contributed by atoms with Gasteiger partial charge < -0.3 is 30.1 Å². The molecular weight excluding hydrogens is 490 g/mol. The molecule has 3 atom stereocenters. The lowest BCUT2D eigenvalue weighted by Gasteiger charge is -2.38. The van der Waals surface area contributed by atoms with Gasteiger partial charge in [-0.25, -0.2) is 4.79 Å². The van der Waals surface area contributed by atoms with E-state index in [2.05, 4.69) is 24.5 Å². The summed E-state index contributed by atoms with van der Waals surface area (Å²) in [6.07, 6.45) is 0.668. The van der Waals surface area contributed by atoms with Crippen molar-refractivity contribution in [3.8, 4) is 5.75 Å². The number of phenolic OH excluding ortho intramolecular Hbond substituents is 1. The fourth-order valence-electron chi connectivity index (χ4n) is 3.79. The summed E-state index contributed by atoms with van der Waals surface area (Å²) in [5.74, 6) is -1.01. The molecule has 10 nitrogen and oxygen atoms in total. The second kappa shape index (κ2) is 15.2. The number of carbonyl (C=O) groups is 4. The van der Waals surface area contributed by atoms with E-state index in [-0.39, 0.29) is 31.4 Å². The van der Waals surface area contributed by atoms with Crippen LogP contribution in [0.2, 0.25) is 0 Å². The molecule has 0 heterocycles. The fraction of sp³-hybridized carbons (Fsp3) is 0.643. The van der Waals surface area contributed by atoms with Gasteiger partial charge in [-0.2, -0.15) is 0 Å². The van der Waals surface area contributed by atoms with Crippen molar-refractivity contribution >= 4 is 23.9 Å². The van der Waals surface area contributed by atoms with E-state index in [9.17, 15) is 24.3 Å². The number of esters is 1. The molecule has 0 aromatic heterocycles. The summed E-state index contributed by atoms with van der Waals surface area (Å²) in [7, 11) is 0. The Morgan fingerprint density at radius 3 is 2.13 bits per heavy atom. The van der Waals surface area contributed by atoms with Gasteiger partial charge in [0.25, 0.3) is 0 Å². The first-order valence-corrected chi connectivity index (χ1v) is 13.2. The monoisotopic (exact) mass is 535 g/mol. The van der Waals surface area contributed by atoms with E-state index in [1.54, 1.807) is 46.8 Å². The third-order valence-electron chi connectivity index (χ3n) is 5.66. The molecule has 214 valence electrons. The van der Waals surface area contributed by atoms with Crippen LogP contribution in [0.3, 0.4) is 0 Å². The number of amides is 3. The molecule has 0 saturated heterocycles. The van der Waals surface area contributed by atoms with Crippen molar-refractivity contribution < 1.29 is 33.8 Å². The fourth-order valence-corrected chi connectivity index (χ4v) is 3.79. The summed E-state index contributed by atoms with van der Waals surface area (Å²) in [6.45, 7) is 14.7. The lowest BCUT2D eigenvalue weighted by Crippen LogP contribution is -2.54. The molecule has 0 aliphatic heterocycles. The molecule has 3 amide bonds. The van der Waals surface area contributed by atoms with E-state index < -0.39 is 41.6 Å². The Labute approximate surface area is 226 Å². The normalized spacial score (nSPS) is 13.7. The van der Waals surface area contributed by atoms with Crippen molar-refractivity contribution in [2.75, 3.05) is 13.2 Å². The quantitative estimate of drug-likeness (QED) is 0.324. The predicted octanol–water partition coefficient (Wildman–Crippen LogP) is 4.07. The largest absolute Gasteiger partial charge is 0.508 e. The molecular formula is C28H45N3O7. The number of rotatable bonds is 13. The highest BCUT2D eigenvalue weighted by molar-refractivity contribution is 5.92. The van der Waals surface area contributed by atoms with Crippen LogP contribution in [0.1, 0.15) is 86.3 Å². The van der Waals surface area contributed by atoms with Gasteiger partial charge in [0.15, 0.2) is 0 Å². The molecule has 0 saturated carbocycles. The van der Waals surface area contributed by atoms with Gasteiger partial charge in [-0.05, 0) is 78.0 Å². The van der Waals surface area contributed by atoms with Crippen LogP contribution in [0.25, 0.3) is 0 Å². The number of ether oxygens (including phenoxy) is 2. The zero-order valence-electron chi connectivity index (χ0n) is 24.0. The van der Waals surface area contributed by atoms with Crippen molar-refractivity contribution in [2.24, 2.45) is 5.92 Å². The van der Waals surface area contributed by atoms with Crippen molar-refractivity contribution in [1.82, 2.24) is 15.5 Å². The van der Waals surface area contributed by atoms with Gasteiger partial charge in [0.05, 0.1) is 13.0 Å². The second-order valence-corrected chi connectivity index (χ2v) is 10.8. The molecule has 0 fully saturated rings. The molecule has 0 spiro atoms. The minimum Gasteiger partial charge on any atom is -0.508 e. The average Bonchev–Trinajstić information content (AvgIpc) is 2.80. The van der Waals surface area contributed by atoms with Crippen LogP contribution >= 0.6 is 0 Å². The van der Waals surface area contributed by atoms with E-state index in [0.29, 0.717) is 17.9 Å². The number of hydrogen-bond acceptors (Lipinski definition) is 7. The van der Waals surface area contributed by atoms with E-state index in [1.165, 1.54) is 17.0 Å². The Hall–Kier alpha value is -3.30. The van der Waals surface area contributed by atoms with Crippen molar-refractivity contribution in [1.29, 1.82) is 0 Å². The predicted molar refractivity (Wildman–Crippen MR) is 144 cm³/mol. The zero-order chi connectivity index (χ0) is 29.0. The van der Waals surface area contributed by atoms with Crippen molar-refractivity contribution in [3.05, 3.63) is 29.8 Å². The maximum Gasteiger partial charge on any atom is 0.408 e. The van der Waals surface area contributed by atoms with Gasteiger partial charge in [-0.3, -0.25) is 14.4 Å². The SMILES string of the molecule is CCOC(=O)CCNC(=O)C(c1ccc(O)cc1)N(C(=O)C(C)NC(=O)OC(C)(C)C)C(C)CCC(C)C. The lowest BCUT2D eigenvalue weighted by atomic mass is 9.97. The summed E-state index contributed by atoms with van der Waals surface area (Å²) in [4.78, 5) is 53.0. The van der Waals surface area contributed by atoms with Crippen LogP contribution in [0.5, 0.6) is 5.75 Å². The van der Waals surface area contributed by atoms with Crippen molar-refractivity contribution in [2.45, 2.75) is 98.4 Å². The third-order valence-corrected chi connectivity index (χ3v) is 5.66. The van der Waals surface area contributed by atoms with E-state index in [0.717, 1.165) is 6.42 Å². The molecule has 38 heavy (non-hydrogen) atoms. The average molecular weight is 536 g/mol. The highest BCUT2D eigenvalue weighted by Gasteiger charge is 2.37. The van der Waals surface area contributed by atoms with Gasteiger partial charge in [0, 0.05) is 12.6 Å². The van der Waals surface area contributed by atoms with Gasteiger partial charge in [0.1, 0.15) is 23.4 Å². The molecule has 0 aliphatic carbocycles. The lowest BCUT2D eigenvalue weighted by molar-refractivity contribution is -0.145. The Morgan fingerprint density at radius 1 is 1.00 bits per heavy atom. The number of hydrogen-bond donors (Lipinski definition) is 3. The van der Waals surface area contributed by atoms with E-state index in [1.807, 2.05) is 6.92 Å². The summed E-state index contributed by atoms with van der Waals surface area (Å²) in [5.41, 5.74) is -0.268. The highest BCUT2D eigenvalue weighted by Crippen LogP contribution is 2.28. The van der Waals surface area contributed by atoms with Crippen LogP contribution < -0.4 is 10.6 Å². The maximum atomic E-state index is 13.8. The highest BCUT2D eigenvalue weighted by atomic mass is 16.6. The molecule has 1 aromatic carbocycles. The molecule has 3 unspecified atom stereocenters. The van der Waals surface area contributed by atoms with Crippen molar-refractivity contribution in [3.63, 3.8) is 0 Å².